The van der Waals surface area contributed by atoms with Crippen LogP contribution in [0.2, 0.25) is 0 Å². The van der Waals surface area contributed by atoms with Crippen molar-refractivity contribution in [2.24, 2.45) is 11.1 Å². The molecule has 1 saturated heterocycles. The number of benzene rings is 3. The topological polar surface area (TPSA) is 104 Å². The molecule has 3 aromatic rings. The zero-order valence-corrected chi connectivity index (χ0v) is 25.5. The Morgan fingerprint density at radius 2 is 1.45 bits per heavy atom. The summed E-state index contributed by atoms with van der Waals surface area (Å²) in [5.74, 6) is -1.23. The molecule has 2 amide bonds. The Morgan fingerprint density at radius 1 is 0.864 bits per heavy atom. The van der Waals surface area contributed by atoms with Crippen LogP contribution in [0.25, 0.3) is 11.1 Å². The number of carbonyl (C=O) groups is 3. The summed E-state index contributed by atoms with van der Waals surface area (Å²) in [4.78, 5) is 43.2. The second-order valence-electron chi connectivity index (χ2n) is 12.6. The summed E-state index contributed by atoms with van der Waals surface area (Å²) in [6.45, 7) is 0.657. The Balaban J connectivity index is 1.32. The summed E-state index contributed by atoms with van der Waals surface area (Å²) in [6, 6.07) is 27.1. The van der Waals surface area contributed by atoms with Gasteiger partial charge in [-0.3, -0.25) is 14.4 Å². The number of hydrogen-bond donors (Lipinski definition) is 2. The third-order valence-electron chi connectivity index (χ3n) is 9.60. The van der Waals surface area contributed by atoms with Crippen LogP contribution in [-0.2, 0) is 27.2 Å². The average molecular weight is 594 g/mol. The van der Waals surface area contributed by atoms with E-state index in [4.69, 9.17) is 5.73 Å². The van der Waals surface area contributed by atoms with Crippen molar-refractivity contribution in [3.8, 4) is 11.1 Å². The van der Waals surface area contributed by atoms with Gasteiger partial charge in [0.05, 0.1) is 5.41 Å². The van der Waals surface area contributed by atoms with Crippen LogP contribution in [0.4, 0.5) is 0 Å². The normalized spacial score (nSPS) is 17.9. The van der Waals surface area contributed by atoms with Crippen molar-refractivity contribution in [2.45, 2.75) is 62.9 Å². The van der Waals surface area contributed by atoms with Crippen molar-refractivity contribution in [1.29, 1.82) is 0 Å². The fourth-order valence-electron chi connectivity index (χ4n) is 6.40. The molecule has 3 aromatic carbocycles. The number of carbonyl (C=O) groups excluding carboxylic acids is 2. The van der Waals surface area contributed by atoms with Gasteiger partial charge in [0.2, 0.25) is 11.8 Å². The maximum Gasteiger partial charge on any atom is 0.310 e. The monoisotopic (exact) mass is 593 g/mol. The van der Waals surface area contributed by atoms with E-state index < -0.39 is 17.4 Å². The minimum absolute atomic E-state index is 0.158. The number of carboxylic acid groups (broad SMARTS) is 1. The predicted octanol–water partition coefficient (Wildman–Crippen LogP) is 5.49. The van der Waals surface area contributed by atoms with Gasteiger partial charge in [0.25, 0.3) is 0 Å². The second kappa shape index (κ2) is 13.6. The van der Waals surface area contributed by atoms with Gasteiger partial charge < -0.3 is 20.6 Å². The van der Waals surface area contributed by atoms with Crippen molar-refractivity contribution in [3.63, 3.8) is 0 Å². The highest BCUT2D eigenvalue weighted by atomic mass is 16.4. The van der Waals surface area contributed by atoms with E-state index in [2.05, 4.69) is 12.1 Å². The molecule has 7 nitrogen and oxygen atoms in total. The van der Waals surface area contributed by atoms with E-state index in [1.807, 2.05) is 78.9 Å². The quantitative estimate of drug-likeness (QED) is 0.286. The molecule has 0 aromatic heterocycles. The minimum atomic E-state index is -0.926. The van der Waals surface area contributed by atoms with Crippen LogP contribution in [0.15, 0.2) is 97.1 Å². The van der Waals surface area contributed by atoms with Gasteiger partial charge in [0, 0.05) is 32.1 Å². The van der Waals surface area contributed by atoms with Crippen molar-refractivity contribution in [2.75, 3.05) is 20.1 Å². The number of rotatable bonds is 11. The maximum atomic E-state index is 14.1. The maximum absolute atomic E-state index is 14.1. The lowest BCUT2D eigenvalue weighted by molar-refractivity contribution is -0.155. The smallest absolute Gasteiger partial charge is 0.310 e. The van der Waals surface area contributed by atoms with Gasteiger partial charge in [0.1, 0.15) is 6.04 Å². The molecule has 0 bridgehead atoms. The van der Waals surface area contributed by atoms with Crippen LogP contribution in [0.3, 0.4) is 0 Å². The van der Waals surface area contributed by atoms with Gasteiger partial charge in [-0.2, -0.15) is 0 Å². The summed E-state index contributed by atoms with van der Waals surface area (Å²) < 4.78 is 0. The Kier molecular flexibility index (Phi) is 9.64. The fourth-order valence-corrected chi connectivity index (χ4v) is 6.40. The van der Waals surface area contributed by atoms with Gasteiger partial charge in [0.15, 0.2) is 0 Å². The molecule has 5 rings (SSSR count). The van der Waals surface area contributed by atoms with Crippen molar-refractivity contribution in [1.82, 2.24) is 9.80 Å². The highest BCUT2D eigenvalue weighted by molar-refractivity contribution is 5.93. The molecule has 1 aliphatic heterocycles. The Bertz CT molecular complexity index is 1460. The van der Waals surface area contributed by atoms with E-state index in [1.54, 1.807) is 11.9 Å². The van der Waals surface area contributed by atoms with E-state index in [1.165, 1.54) is 11.0 Å². The number of likely N-dealkylation sites (tertiary alicyclic amines) is 1. The second-order valence-corrected chi connectivity index (χ2v) is 12.6. The fraction of sp³-hybridized carbons (Fsp3) is 0.378. The molecular formula is C37H43N3O4. The lowest BCUT2D eigenvalue weighted by Gasteiger charge is -2.41. The summed E-state index contributed by atoms with van der Waals surface area (Å²) in [5, 5.41) is 10.2. The van der Waals surface area contributed by atoms with Crippen LogP contribution >= 0.6 is 0 Å². The first-order valence-corrected chi connectivity index (χ1v) is 15.6. The SMILES string of the molecule is CN(C(=O)C=CCC1(N)CCC1)C(Cc1ccc(-c2ccccc2)cc1)C(=O)N1CCC(Cc2ccccc2)(C(=O)O)CC1. The number of nitrogens with zero attached hydrogens (tertiary/aromatic N) is 2. The molecule has 3 N–H and O–H groups in total. The standard InChI is InChI=1S/C37H43N3O4/c1-39(33(41)14-8-19-37(38)20-9-21-37)32(26-28-15-17-31(18-16-28)30-12-6-3-7-13-30)34(42)40-24-22-36(23-25-40,35(43)44)27-29-10-4-2-5-11-29/h2-8,10-18,32H,9,19-27,38H2,1H3,(H,43,44). The van der Waals surface area contributed by atoms with E-state index in [-0.39, 0.29) is 17.4 Å². The summed E-state index contributed by atoms with van der Waals surface area (Å²) in [7, 11) is 1.68. The molecule has 1 saturated carbocycles. The Hall–Kier alpha value is -4.23. The van der Waals surface area contributed by atoms with E-state index in [0.29, 0.717) is 45.2 Å². The van der Waals surface area contributed by atoms with Crippen molar-refractivity contribution >= 4 is 17.8 Å². The molecule has 1 aliphatic carbocycles. The third-order valence-corrected chi connectivity index (χ3v) is 9.60. The van der Waals surface area contributed by atoms with Crippen LogP contribution in [0.5, 0.6) is 0 Å². The first kappa shape index (κ1) is 31.2. The van der Waals surface area contributed by atoms with E-state index in [0.717, 1.165) is 41.5 Å². The summed E-state index contributed by atoms with van der Waals surface area (Å²) in [5.41, 5.74) is 9.30. The zero-order valence-electron chi connectivity index (χ0n) is 25.5. The Morgan fingerprint density at radius 3 is 2.02 bits per heavy atom. The van der Waals surface area contributed by atoms with Crippen molar-refractivity contribution in [3.05, 3.63) is 108 Å². The van der Waals surface area contributed by atoms with Crippen LogP contribution in [0, 0.1) is 5.41 Å². The molecule has 0 spiro atoms. The van der Waals surface area contributed by atoms with Gasteiger partial charge >= 0.3 is 5.97 Å². The van der Waals surface area contributed by atoms with E-state index >= 15 is 0 Å². The van der Waals surface area contributed by atoms with Crippen molar-refractivity contribution < 1.29 is 19.5 Å². The van der Waals surface area contributed by atoms with Gasteiger partial charge in [-0.25, -0.2) is 0 Å². The van der Waals surface area contributed by atoms with Gasteiger partial charge in [-0.1, -0.05) is 91.0 Å². The minimum Gasteiger partial charge on any atom is -0.481 e. The molecule has 44 heavy (non-hydrogen) atoms. The number of aliphatic carboxylic acids is 1. The largest absolute Gasteiger partial charge is 0.481 e. The predicted molar refractivity (Wildman–Crippen MR) is 173 cm³/mol. The molecule has 7 heteroatoms. The van der Waals surface area contributed by atoms with Crippen LogP contribution in [0.1, 0.15) is 49.7 Å². The highest BCUT2D eigenvalue weighted by Crippen LogP contribution is 2.36. The number of piperidine rings is 1. The molecule has 1 heterocycles. The first-order chi connectivity index (χ1) is 21.2. The number of amides is 2. The molecule has 2 fully saturated rings. The van der Waals surface area contributed by atoms with Gasteiger partial charge in [-0.05, 0) is 73.3 Å². The van der Waals surface area contributed by atoms with Gasteiger partial charge in [-0.15, -0.1) is 0 Å². The molecule has 2 aliphatic rings. The first-order valence-electron chi connectivity index (χ1n) is 15.6. The third kappa shape index (κ3) is 7.28. The Labute approximate surface area is 260 Å². The summed E-state index contributed by atoms with van der Waals surface area (Å²) in [6.07, 6.45) is 8.53. The number of nitrogens with two attached hydrogens (primary N) is 1. The van der Waals surface area contributed by atoms with E-state index in [9.17, 15) is 19.5 Å². The number of carboxylic acids is 1. The average Bonchev–Trinajstić information content (AvgIpc) is 3.03. The lowest BCUT2D eigenvalue weighted by atomic mass is 9.73. The molecule has 0 radical (unpaired) electrons. The van der Waals surface area contributed by atoms with Crippen LogP contribution in [-0.4, -0.2) is 64.4 Å². The molecule has 1 unspecified atom stereocenters. The lowest BCUT2D eigenvalue weighted by Crippen LogP contribution is -2.54. The molecule has 230 valence electrons. The highest BCUT2D eigenvalue weighted by Gasteiger charge is 2.43. The number of likely N-dealkylation sites (N-methyl/N-ethyl adjacent to an activating group) is 1. The summed E-state index contributed by atoms with van der Waals surface area (Å²) >= 11 is 0. The molecule has 1 atom stereocenters. The molecular weight excluding hydrogens is 550 g/mol. The van der Waals surface area contributed by atoms with Crippen LogP contribution < -0.4 is 5.73 Å². The zero-order chi connectivity index (χ0) is 31.2. The number of hydrogen-bond acceptors (Lipinski definition) is 4.